The minimum Gasteiger partial charge on any atom is -0.488 e. The van der Waals surface area contributed by atoms with Crippen LogP contribution >= 0.6 is 0 Å². The zero-order valence-electron chi connectivity index (χ0n) is 20.9. The highest BCUT2D eigenvalue weighted by Crippen LogP contribution is 2.42. The molecule has 6 rings (SSSR count). The first-order valence-electron chi connectivity index (χ1n) is 12.3. The molecule has 0 aliphatic carbocycles. The molecular weight excluding hydrogens is 438 g/mol. The van der Waals surface area contributed by atoms with Crippen LogP contribution in [-0.4, -0.2) is 33.1 Å². The van der Waals surface area contributed by atoms with E-state index in [-0.39, 0.29) is 12.1 Å². The molecule has 0 bridgehead atoms. The number of amides is 1. The Labute approximate surface area is 205 Å². The molecule has 3 heterocycles. The number of rotatable bonds is 1. The van der Waals surface area contributed by atoms with E-state index in [9.17, 15) is 4.79 Å². The van der Waals surface area contributed by atoms with Gasteiger partial charge in [0.25, 0.3) is 0 Å². The Morgan fingerprint density at radius 1 is 1.14 bits per heavy atom. The molecule has 0 saturated carbocycles. The SMILES string of the molecule is Cc1ccc2c(c1)COc1cc3c(ccc4[nH]c(C5CC(C)CN5C(=O)OC(C)(C)C)nc43)cc1-2. The summed E-state index contributed by atoms with van der Waals surface area (Å²) in [6.07, 6.45) is 0.569. The Balaban J connectivity index is 1.42. The Morgan fingerprint density at radius 3 is 2.77 bits per heavy atom. The number of aromatic amines is 1. The highest BCUT2D eigenvalue weighted by atomic mass is 16.6. The standard InChI is InChI=1S/C29H31N3O3/c1-16-6-8-20-19(10-16)15-34-25-13-21-18(12-22(20)25)7-9-23-26(21)31-27(30-23)24-11-17(2)14-32(24)28(33)35-29(3,4)5/h6-10,12-13,17,24H,11,14-15H2,1-5H3,(H,30,31). The lowest BCUT2D eigenvalue weighted by Crippen LogP contribution is -2.37. The van der Waals surface area contributed by atoms with Gasteiger partial charge in [0.1, 0.15) is 23.8 Å². The van der Waals surface area contributed by atoms with E-state index in [1.807, 2.05) is 25.7 Å². The number of aromatic nitrogens is 2. The number of imidazole rings is 1. The van der Waals surface area contributed by atoms with Gasteiger partial charge in [-0.2, -0.15) is 0 Å². The minimum absolute atomic E-state index is 0.133. The van der Waals surface area contributed by atoms with Crippen molar-refractivity contribution in [2.24, 2.45) is 5.92 Å². The molecule has 4 aromatic rings. The van der Waals surface area contributed by atoms with Crippen LogP contribution in [0.3, 0.4) is 0 Å². The summed E-state index contributed by atoms with van der Waals surface area (Å²) in [5.41, 5.74) is 6.14. The highest BCUT2D eigenvalue weighted by molar-refractivity contribution is 6.07. The predicted molar refractivity (Wildman–Crippen MR) is 138 cm³/mol. The van der Waals surface area contributed by atoms with Crippen molar-refractivity contribution in [2.75, 3.05) is 6.54 Å². The van der Waals surface area contributed by atoms with E-state index in [2.05, 4.69) is 61.3 Å². The van der Waals surface area contributed by atoms with Gasteiger partial charge in [0.15, 0.2) is 0 Å². The topological polar surface area (TPSA) is 67.5 Å². The van der Waals surface area contributed by atoms with Gasteiger partial charge in [-0.15, -0.1) is 0 Å². The van der Waals surface area contributed by atoms with Crippen molar-refractivity contribution >= 4 is 27.9 Å². The van der Waals surface area contributed by atoms with E-state index < -0.39 is 5.60 Å². The number of aryl methyl sites for hydroxylation is 1. The number of fused-ring (bicyclic) bond motifs is 6. The predicted octanol–water partition coefficient (Wildman–Crippen LogP) is 6.90. The van der Waals surface area contributed by atoms with Crippen LogP contribution in [0.25, 0.3) is 32.9 Å². The molecule has 1 aromatic heterocycles. The lowest BCUT2D eigenvalue weighted by molar-refractivity contribution is 0.0215. The quantitative estimate of drug-likeness (QED) is 0.329. The molecule has 2 aliphatic rings. The third-order valence-corrected chi connectivity index (χ3v) is 6.97. The Hall–Kier alpha value is -3.54. The molecule has 0 spiro atoms. The fraction of sp³-hybridized carbons (Fsp3) is 0.379. The van der Waals surface area contributed by atoms with Gasteiger partial charge < -0.3 is 14.5 Å². The smallest absolute Gasteiger partial charge is 0.410 e. The van der Waals surface area contributed by atoms with Gasteiger partial charge in [-0.25, -0.2) is 9.78 Å². The number of carbonyl (C=O) groups is 1. The third-order valence-electron chi connectivity index (χ3n) is 6.97. The minimum atomic E-state index is -0.534. The van der Waals surface area contributed by atoms with Crippen LogP contribution in [0.4, 0.5) is 4.79 Å². The van der Waals surface area contributed by atoms with Crippen molar-refractivity contribution in [3.63, 3.8) is 0 Å². The van der Waals surface area contributed by atoms with Crippen molar-refractivity contribution in [3.05, 3.63) is 59.4 Å². The largest absolute Gasteiger partial charge is 0.488 e. The van der Waals surface area contributed by atoms with Crippen LogP contribution in [-0.2, 0) is 11.3 Å². The molecule has 180 valence electrons. The van der Waals surface area contributed by atoms with Crippen LogP contribution in [0.15, 0.2) is 42.5 Å². The Morgan fingerprint density at radius 2 is 1.97 bits per heavy atom. The van der Waals surface area contributed by atoms with Gasteiger partial charge in [-0.05, 0) is 74.7 Å². The second-order valence-electron chi connectivity index (χ2n) is 11.1. The second-order valence-corrected chi connectivity index (χ2v) is 11.1. The summed E-state index contributed by atoms with van der Waals surface area (Å²) < 4.78 is 11.9. The van der Waals surface area contributed by atoms with Crippen molar-refractivity contribution in [1.29, 1.82) is 0 Å². The van der Waals surface area contributed by atoms with E-state index in [0.29, 0.717) is 19.1 Å². The number of H-pyrrole nitrogens is 1. The average Bonchev–Trinajstić information content (AvgIpc) is 3.40. The van der Waals surface area contributed by atoms with E-state index in [0.717, 1.165) is 45.4 Å². The second kappa shape index (κ2) is 7.74. The van der Waals surface area contributed by atoms with Gasteiger partial charge in [0.2, 0.25) is 0 Å². The highest BCUT2D eigenvalue weighted by Gasteiger charge is 2.38. The monoisotopic (exact) mass is 469 g/mol. The van der Waals surface area contributed by atoms with Crippen molar-refractivity contribution < 1.29 is 14.3 Å². The molecule has 6 nitrogen and oxygen atoms in total. The van der Waals surface area contributed by atoms with Gasteiger partial charge in [0.05, 0.1) is 17.1 Å². The molecular formula is C29H31N3O3. The first kappa shape index (κ1) is 22.0. The molecule has 2 unspecified atom stereocenters. The van der Waals surface area contributed by atoms with E-state index >= 15 is 0 Å². The number of hydrogen-bond acceptors (Lipinski definition) is 4. The lowest BCUT2D eigenvalue weighted by Gasteiger charge is -2.27. The summed E-state index contributed by atoms with van der Waals surface area (Å²) in [6, 6.07) is 14.9. The zero-order chi connectivity index (χ0) is 24.5. The molecule has 1 amide bonds. The fourth-order valence-electron chi connectivity index (χ4n) is 5.42. The third kappa shape index (κ3) is 3.81. The first-order chi connectivity index (χ1) is 16.7. The van der Waals surface area contributed by atoms with Gasteiger partial charge in [-0.3, -0.25) is 4.90 Å². The number of carbonyl (C=O) groups excluding carboxylic acids is 1. The zero-order valence-corrected chi connectivity index (χ0v) is 20.9. The van der Waals surface area contributed by atoms with Crippen molar-refractivity contribution in [1.82, 2.24) is 14.9 Å². The Bertz CT molecular complexity index is 1480. The number of ether oxygens (including phenoxy) is 2. The molecule has 2 atom stereocenters. The molecule has 3 aromatic carbocycles. The van der Waals surface area contributed by atoms with Crippen LogP contribution < -0.4 is 4.74 Å². The van der Waals surface area contributed by atoms with Crippen LogP contribution in [0.1, 0.15) is 57.1 Å². The van der Waals surface area contributed by atoms with E-state index in [1.54, 1.807) is 0 Å². The molecule has 1 N–H and O–H groups in total. The molecule has 0 radical (unpaired) electrons. The van der Waals surface area contributed by atoms with E-state index in [4.69, 9.17) is 14.5 Å². The number of benzene rings is 3. The van der Waals surface area contributed by atoms with Crippen molar-refractivity contribution in [2.45, 2.75) is 59.3 Å². The molecule has 6 heteroatoms. The summed E-state index contributed by atoms with van der Waals surface area (Å²) in [7, 11) is 0. The van der Waals surface area contributed by atoms with Gasteiger partial charge in [0, 0.05) is 17.5 Å². The summed E-state index contributed by atoms with van der Waals surface area (Å²) in [5.74, 6) is 2.07. The number of likely N-dealkylation sites (tertiary alicyclic amines) is 1. The van der Waals surface area contributed by atoms with Crippen LogP contribution in [0.2, 0.25) is 0 Å². The number of hydrogen-bond donors (Lipinski definition) is 1. The number of nitrogens with zero attached hydrogens (tertiary/aromatic N) is 2. The molecule has 1 saturated heterocycles. The summed E-state index contributed by atoms with van der Waals surface area (Å²) >= 11 is 0. The van der Waals surface area contributed by atoms with Gasteiger partial charge in [-0.1, -0.05) is 36.8 Å². The first-order valence-corrected chi connectivity index (χ1v) is 12.3. The number of nitrogens with one attached hydrogen (secondary N) is 1. The molecule has 1 fully saturated rings. The maximum absolute atomic E-state index is 12.9. The summed E-state index contributed by atoms with van der Waals surface area (Å²) in [5, 5.41) is 2.17. The molecule has 35 heavy (non-hydrogen) atoms. The maximum atomic E-state index is 12.9. The van der Waals surface area contributed by atoms with E-state index in [1.165, 1.54) is 16.7 Å². The molecule has 2 aliphatic heterocycles. The Kier molecular flexibility index (Phi) is 4.85. The lowest BCUT2D eigenvalue weighted by atomic mass is 9.93. The normalized spacial score (nSPS) is 19.5. The van der Waals surface area contributed by atoms with Crippen LogP contribution in [0.5, 0.6) is 5.75 Å². The fourth-order valence-corrected chi connectivity index (χ4v) is 5.42. The van der Waals surface area contributed by atoms with Gasteiger partial charge >= 0.3 is 6.09 Å². The summed E-state index contributed by atoms with van der Waals surface area (Å²) in [4.78, 5) is 23.3. The average molecular weight is 470 g/mol. The van der Waals surface area contributed by atoms with Crippen molar-refractivity contribution in [3.8, 4) is 16.9 Å². The summed E-state index contributed by atoms with van der Waals surface area (Å²) in [6.45, 7) is 11.2. The van der Waals surface area contributed by atoms with Crippen LogP contribution in [0, 0.1) is 12.8 Å². The maximum Gasteiger partial charge on any atom is 0.410 e.